The maximum Gasteiger partial charge on any atom is 0.268 e. The molecule has 0 atom stereocenters. The van der Waals surface area contributed by atoms with Crippen molar-refractivity contribution >= 4 is 42.7 Å². The predicted molar refractivity (Wildman–Crippen MR) is 109 cm³/mol. The van der Waals surface area contributed by atoms with Crippen molar-refractivity contribution in [1.82, 2.24) is 8.96 Å². The van der Waals surface area contributed by atoms with E-state index in [9.17, 15) is 8.42 Å². The van der Waals surface area contributed by atoms with Crippen molar-refractivity contribution in [3.05, 3.63) is 84.6 Å². The Kier molecular flexibility index (Phi) is 3.36. The summed E-state index contributed by atoms with van der Waals surface area (Å²) in [7, 11) is -3.75. The van der Waals surface area contributed by atoms with Gasteiger partial charge in [0.05, 0.1) is 27.6 Å². The normalized spacial score (nSPS) is 12.2. The molecule has 0 radical (unpaired) electrons. The lowest BCUT2D eigenvalue weighted by molar-refractivity contribution is 0.590. The van der Waals surface area contributed by atoms with E-state index in [1.165, 1.54) is 3.97 Å². The number of pyridine rings is 1. The molecule has 0 saturated heterocycles. The van der Waals surface area contributed by atoms with Crippen molar-refractivity contribution in [1.29, 1.82) is 0 Å². The van der Waals surface area contributed by atoms with Gasteiger partial charge in [0, 0.05) is 16.2 Å². The fourth-order valence-electron chi connectivity index (χ4n) is 3.68. The number of aromatic nitrogens is 2. The van der Waals surface area contributed by atoms with Crippen LogP contribution in [0.3, 0.4) is 0 Å². The fourth-order valence-corrected chi connectivity index (χ4v) is 5.21. The molecule has 2 heterocycles. The number of aryl methyl sites for hydroxylation is 1. The highest BCUT2D eigenvalue weighted by atomic mass is 32.2. The molecule has 0 fully saturated rings. The zero-order chi connectivity index (χ0) is 18.6. The van der Waals surface area contributed by atoms with Gasteiger partial charge in [-0.2, -0.15) is 0 Å². The van der Waals surface area contributed by atoms with E-state index < -0.39 is 10.0 Å². The first-order valence-corrected chi connectivity index (χ1v) is 10.1. The molecule has 0 spiro atoms. The van der Waals surface area contributed by atoms with Crippen LogP contribution in [0.1, 0.15) is 5.56 Å². The zero-order valence-corrected chi connectivity index (χ0v) is 15.4. The largest absolute Gasteiger partial charge is 0.268 e. The molecule has 27 heavy (non-hydrogen) atoms. The summed E-state index contributed by atoms with van der Waals surface area (Å²) in [6, 6.07) is 22.2. The summed E-state index contributed by atoms with van der Waals surface area (Å²) in [6.45, 7) is 2.03. The number of fused-ring (bicyclic) bond motifs is 5. The van der Waals surface area contributed by atoms with Crippen LogP contribution in [0, 0.1) is 6.92 Å². The van der Waals surface area contributed by atoms with Gasteiger partial charge in [0.25, 0.3) is 10.0 Å². The molecule has 0 bridgehead atoms. The Morgan fingerprint density at radius 2 is 1.56 bits per heavy atom. The number of nitrogens with zero attached hydrogens (tertiary/aromatic N) is 2. The lowest BCUT2D eigenvalue weighted by Gasteiger charge is -2.09. The molecule has 0 aliphatic heterocycles. The standard InChI is InChI=1S/C22H16N2O2S/c1-15-11-12-19-18(13-15)22-17-9-5-6-10-20(17)24(21(22)14-23-19)27(25,26)16-7-3-2-4-8-16/h2-14H,1H3. The first-order valence-electron chi connectivity index (χ1n) is 8.66. The summed E-state index contributed by atoms with van der Waals surface area (Å²) < 4.78 is 28.3. The number of rotatable bonds is 2. The van der Waals surface area contributed by atoms with Gasteiger partial charge in [-0.25, -0.2) is 12.4 Å². The van der Waals surface area contributed by atoms with Gasteiger partial charge in [-0.05, 0) is 37.3 Å². The molecule has 2 aromatic heterocycles. The van der Waals surface area contributed by atoms with Crippen molar-refractivity contribution in [2.75, 3.05) is 0 Å². The molecule has 5 heteroatoms. The second-order valence-corrected chi connectivity index (χ2v) is 8.43. The van der Waals surface area contributed by atoms with Crippen LogP contribution in [-0.2, 0) is 10.0 Å². The van der Waals surface area contributed by atoms with E-state index in [4.69, 9.17) is 0 Å². The summed E-state index contributed by atoms with van der Waals surface area (Å²) in [5.74, 6) is 0. The summed E-state index contributed by atoms with van der Waals surface area (Å²) in [4.78, 5) is 4.79. The Morgan fingerprint density at radius 1 is 0.815 bits per heavy atom. The molecule has 0 aliphatic carbocycles. The van der Waals surface area contributed by atoms with Crippen LogP contribution in [0.25, 0.3) is 32.7 Å². The van der Waals surface area contributed by atoms with Crippen LogP contribution in [0.2, 0.25) is 0 Å². The van der Waals surface area contributed by atoms with Crippen molar-refractivity contribution in [2.24, 2.45) is 0 Å². The Labute approximate surface area is 156 Å². The van der Waals surface area contributed by atoms with E-state index in [2.05, 4.69) is 11.1 Å². The van der Waals surface area contributed by atoms with Gasteiger partial charge >= 0.3 is 0 Å². The molecule has 5 aromatic rings. The minimum absolute atomic E-state index is 0.261. The van der Waals surface area contributed by atoms with E-state index in [1.807, 2.05) is 49.4 Å². The third-order valence-corrected chi connectivity index (χ3v) is 6.64. The minimum Gasteiger partial charge on any atom is -0.254 e. The third-order valence-electron chi connectivity index (χ3n) is 4.90. The number of hydrogen-bond donors (Lipinski definition) is 0. The van der Waals surface area contributed by atoms with Crippen molar-refractivity contribution in [3.8, 4) is 0 Å². The van der Waals surface area contributed by atoms with Crippen molar-refractivity contribution in [2.45, 2.75) is 11.8 Å². The Bertz CT molecular complexity index is 1440. The van der Waals surface area contributed by atoms with Gasteiger partial charge in [0.1, 0.15) is 0 Å². The maximum absolute atomic E-state index is 13.5. The number of hydrogen-bond acceptors (Lipinski definition) is 3. The van der Waals surface area contributed by atoms with Gasteiger partial charge in [-0.15, -0.1) is 0 Å². The quantitative estimate of drug-likeness (QED) is 0.443. The van der Waals surface area contributed by atoms with E-state index in [1.54, 1.807) is 30.5 Å². The molecule has 0 saturated carbocycles. The van der Waals surface area contributed by atoms with Gasteiger partial charge in [0.2, 0.25) is 0 Å². The van der Waals surface area contributed by atoms with Crippen LogP contribution < -0.4 is 0 Å². The van der Waals surface area contributed by atoms with Crippen LogP contribution in [0.4, 0.5) is 0 Å². The van der Waals surface area contributed by atoms with Gasteiger partial charge in [-0.1, -0.05) is 48.0 Å². The van der Waals surface area contributed by atoms with Crippen LogP contribution >= 0.6 is 0 Å². The Morgan fingerprint density at radius 3 is 2.37 bits per heavy atom. The highest BCUT2D eigenvalue weighted by Gasteiger charge is 2.24. The van der Waals surface area contributed by atoms with E-state index >= 15 is 0 Å². The second kappa shape index (κ2) is 5.66. The van der Waals surface area contributed by atoms with Gasteiger partial charge in [0.15, 0.2) is 0 Å². The van der Waals surface area contributed by atoms with E-state index in [0.717, 1.165) is 27.2 Å². The zero-order valence-electron chi connectivity index (χ0n) is 14.6. The lowest BCUT2D eigenvalue weighted by Crippen LogP contribution is -2.12. The molecular formula is C22H16N2O2S. The molecule has 0 amide bonds. The summed E-state index contributed by atoms with van der Waals surface area (Å²) in [5.41, 5.74) is 3.22. The monoisotopic (exact) mass is 372 g/mol. The summed E-state index contributed by atoms with van der Waals surface area (Å²) >= 11 is 0. The number of para-hydroxylation sites is 1. The molecule has 5 rings (SSSR count). The molecule has 0 unspecified atom stereocenters. The Balaban J connectivity index is 2.02. The third kappa shape index (κ3) is 2.28. The average Bonchev–Trinajstić information content (AvgIpc) is 3.04. The number of benzene rings is 3. The maximum atomic E-state index is 13.5. The molecule has 4 nitrogen and oxygen atoms in total. The molecule has 3 aromatic carbocycles. The van der Waals surface area contributed by atoms with Crippen molar-refractivity contribution < 1.29 is 8.42 Å². The van der Waals surface area contributed by atoms with Gasteiger partial charge in [-0.3, -0.25) is 4.98 Å². The van der Waals surface area contributed by atoms with E-state index in [0.29, 0.717) is 11.0 Å². The Hall–Kier alpha value is -3.18. The molecule has 0 N–H and O–H groups in total. The second-order valence-electron chi connectivity index (χ2n) is 6.64. The minimum atomic E-state index is -3.75. The van der Waals surface area contributed by atoms with Crippen LogP contribution in [0.15, 0.2) is 83.9 Å². The topological polar surface area (TPSA) is 52.0 Å². The molecule has 0 aliphatic rings. The average molecular weight is 372 g/mol. The first-order chi connectivity index (χ1) is 13.1. The highest BCUT2D eigenvalue weighted by Crippen LogP contribution is 2.36. The SMILES string of the molecule is Cc1ccc2ncc3c(c2c1)c1ccccc1n3S(=O)(=O)c1ccccc1. The summed E-state index contributed by atoms with van der Waals surface area (Å²) in [6.07, 6.45) is 1.66. The lowest BCUT2D eigenvalue weighted by atomic mass is 10.1. The van der Waals surface area contributed by atoms with Crippen LogP contribution in [-0.4, -0.2) is 17.4 Å². The predicted octanol–water partition coefficient (Wildman–Crippen LogP) is 4.89. The van der Waals surface area contributed by atoms with E-state index in [-0.39, 0.29) is 4.90 Å². The fraction of sp³-hybridized carbons (Fsp3) is 0.0455. The highest BCUT2D eigenvalue weighted by molar-refractivity contribution is 7.90. The molecular weight excluding hydrogens is 356 g/mol. The first kappa shape index (κ1) is 16.0. The summed E-state index contributed by atoms with van der Waals surface area (Å²) in [5, 5.41) is 2.79. The van der Waals surface area contributed by atoms with Gasteiger partial charge < -0.3 is 0 Å². The molecule has 132 valence electrons. The smallest absolute Gasteiger partial charge is 0.254 e. The van der Waals surface area contributed by atoms with Crippen molar-refractivity contribution in [3.63, 3.8) is 0 Å². The van der Waals surface area contributed by atoms with Crippen LogP contribution in [0.5, 0.6) is 0 Å².